The number of aromatic nitrogens is 4. The molecule has 2 aliphatic heterocycles. The summed E-state index contributed by atoms with van der Waals surface area (Å²) in [5.74, 6) is 0.286. The Morgan fingerprint density at radius 2 is 1.89 bits per heavy atom. The molecule has 2 aromatic heterocycles. The van der Waals surface area contributed by atoms with Gasteiger partial charge in [-0.3, -0.25) is 4.79 Å². The quantitative estimate of drug-likeness (QED) is 0.560. The van der Waals surface area contributed by atoms with Crippen LogP contribution in [0.15, 0.2) is 30.6 Å². The Balaban J connectivity index is 1.13. The number of anilines is 1. The monoisotopic (exact) mass is 488 g/mol. The number of aryl methyl sites for hydroxylation is 1. The number of rotatable bonds is 4. The van der Waals surface area contributed by atoms with Crippen LogP contribution in [-0.2, 0) is 22.0 Å². The third kappa shape index (κ3) is 3.59. The SMILES string of the molecule is CCOC(=O)c1nc2c(C3CCC(N4CCC5(CC4)C(=O)Nc4ccccc45)CC3)ncnc2n1C. The smallest absolute Gasteiger partial charge is 0.374 e. The van der Waals surface area contributed by atoms with Crippen molar-refractivity contribution >= 4 is 28.7 Å². The zero-order valence-corrected chi connectivity index (χ0v) is 20.9. The minimum absolute atomic E-state index is 0.164. The fourth-order valence-electron chi connectivity index (χ4n) is 6.55. The number of carbonyl (C=O) groups excluding carboxylic acids is 2. The summed E-state index contributed by atoms with van der Waals surface area (Å²) in [4.78, 5) is 41.4. The van der Waals surface area contributed by atoms with Crippen LogP contribution in [0.2, 0.25) is 0 Å². The molecule has 9 heteroatoms. The molecule has 4 heterocycles. The van der Waals surface area contributed by atoms with Gasteiger partial charge in [0.25, 0.3) is 0 Å². The van der Waals surface area contributed by atoms with E-state index in [1.54, 1.807) is 24.9 Å². The zero-order valence-electron chi connectivity index (χ0n) is 20.9. The lowest BCUT2D eigenvalue weighted by atomic mass is 9.73. The summed E-state index contributed by atoms with van der Waals surface area (Å²) in [5.41, 5.74) is 4.09. The zero-order chi connectivity index (χ0) is 24.9. The Morgan fingerprint density at radius 3 is 2.64 bits per heavy atom. The topological polar surface area (TPSA) is 102 Å². The van der Waals surface area contributed by atoms with Crippen molar-refractivity contribution in [1.29, 1.82) is 0 Å². The fourth-order valence-corrected chi connectivity index (χ4v) is 6.55. The van der Waals surface area contributed by atoms with Crippen LogP contribution in [0, 0.1) is 0 Å². The highest BCUT2D eigenvalue weighted by Gasteiger charge is 2.49. The minimum Gasteiger partial charge on any atom is -0.460 e. The normalized spacial score (nSPS) is 23.6. The first-order chi connectivity index (χ1) is 17.5. The van der Waals surface area contributed by atoms with Gasteiger partial charge in [-0.25, -0.2) is 19.7 Å². The number of esters is 1. The summed E-state index contributed by atoms with van der Waals surface area (Å²) < 4.78 is 6.86. The number of benzene rings is 1. The van der Waals surface area contributed by atoms with Gasteiger partial charge in [-0.15, -0.1) is 0 Å². The average Bonchev–Trinajstić information content (AvgIpc) is 3.39. The molecule has 0 radical (unpaired) electrons. The van der Waals surface area contributed by atoms with Gasteiger partial charge in [0.2, 0.25) is 11.7 Å². The van der Waals surface area contributed by atoms with E-state index in [9.17, 15) is 9.59 Å². The number of ether oxygens (including phenoxy) is 1. The number of likely N-dealkylation sites (tertiary alicyclic amines) is 1. The van der Waals surface area contributed by atoms with E-state index in [4.69, 9.17) is 4.74 Å². The molecule has 9 nitrogen and oxygen atoms in total. The number of hydrogen-bond donors (Lipinski definition) is 1. The van der Waals surface area contributed by atoms with Gasteiger partial charge in [0.15, 0.2) is 5.65 Å². The molecule has 0 bridgehead atoms. The van der Waals surface area contributed by atoms with Gasteiger partial charge in [0.05, 0.1) is 17.7 Å². The Labute approximate surface area is 210 Å². The molecule has 3 aliphatic rings. The lowest BCUT2D eigenvalue weighted by molar-refractivity contribution is -0.122. The molecule has 2 fully saturated rings. The van der Waals surface area contributed by atoms with Crippen LogP contribution in [0.1, 0.15) is 73.2 Å². The number of carbonyl (C=O) groups is 2. The fraction of sp³-hybridized carbons (Fsp3) is 0.519. The summed E-state index contributed by atoms with van der Waals surface area (Å²) in [6, 6.07) is 8.67. The van der Waals surface area contributed by atoms with Gasteiger partial charge < -0.3 is 19.5 Å². The van der Waals surface area contributed by atoms with Gasteiger partial charge in [-0.1, -0.05) is 18.2 Å². The summed E-state index contributed by atoms with van der Waals surface area (Å²) in [6.45, 7) is 3.98. The van der Waals surface area contributed by atoms with E-state index in [0.717, 1.165) is 63.0 Å². The maximum Gasteiger partial charge on any atom is 0.374 e. The largest absolute Gasteiger partial charge is 0.460 e. The molecule has 1 spiro atoms. The lowest BCUT2D eigenvalue weighted by Gasteiger charge is -2.43. The Morgan fingerprint density at radius 1 is 1.14 bits per heavy atom. The van der Waals surface area contributed by atoms with Gasteiger partial charge in [0, 0.05) is 24.7 Å². The third-order valence-corrected chi connectivity index (χ3v) is 8.52. The van der Waals surface area contributed by atoms with E-state index in [1.165, 1.54) is 5.56 Å². The van der Waals surface area contributed by atoms with E-state index < -0.39 is 5.97 Å². The first-order valence-electron chi connectivity index (χ1n) is 13.0. The maximum absolute atomic E-state index is 12.9. The summed E-state index contributed by atoms with van der Waals surface area (Å²) in [6.07, 6.45) is 7.53. The molecule has 6 rings (SSSR count). The molecule has 1 N–H and O–H groups in total. The van der Waals surface area contributed by atoms with E-state index >= 15 is 0 Å². The summed E-state index contributed by atoms with van der Waals surface area (Å²) in [5, 5.41) is 3.10. The molecule has 36 heavy (non-hydrogen) atoms. The Hall–Kier alpha value is -3.33. The van der Waals surface area contributed by atoms with Crippen molar-refractivity contribution in [2.45, 2.75) is 62.8 Å². The number of fused-ring (bicyclic) bond motifs is 3. The first-order valence-corrected chi connectivity index (χ1v) is 13.0. The third-order valence-electron chi connectivity index (χ3n) is 8.52. The highest BCUT2D eigenvalue weighted by molar-refractivity contribution is 6.06. The van der Waals surface area contributed by atoms with Crippen molar-refractivity contribution in [1.82, 2.24) is 24.4 Å². The van der Waals surface area contributed by atoms with E-state index in [-0.39, 0.29) is 17.1 Å². The molecule has 1 aromatic carbocycles. The molecule has 0 unspecified atom stereocenters. The second kappa shape index (κ2) is 8.96. The number of imidazole rings is 1. The Kier molecular flexibility index (Phi) is 5.75. The molecule has 188 valence electrons. The summed E-state index contributed by atoms with van der Waals surface area (Å²) >= 11 is 0. The van der Waals surface area contributed by atoms with Crippen LogP contribution in [0.3, 0.4) is 0 Å². The number of para-hydroxylation sites is 1. The van der Waals surface area contributed by atoms with Crippen molar-refractivity contribution in [3.8, 4) is 0 Å². The highest BCUT2D eigenvalue weighted by Crippen LogP contribution is 2.46. The molecule has 1 aliphatic carbocycles. The Bertz CT molecular complexity index is 1320. The van der Waals surface area contributed by atoms with Gasteiger partial charge in [-0.2, -0.15) is 0 Å². The minimum atomic E-state index is -0.436. The maximum atomic E-state index is 12.9. The van der Waals surface area contributed by atoms with Crippen LogP contribution in [0.4, 0.5) is 5.69 Å². The molecule has 1 saturated heterocycles. The van der Waals surface area contributed by atoms with Crippen molar-refractivity contribution in [2.24, 2.45) is 7.05 Å². The van der Waals surface area contributed by atoms with Gasteiger partial charge in [-0.05, 0) is 70.2 Å². The van der Waals surface area contributed by atoms with Crippen LogP contribution in [0.25, 0.3) is 11.2 Å². The predicted octanol–water partition coefficient (Wildman–Crippen LogP) is 3.55. The molecule has 3 aromatic rings. The van der Waals surface area contributed by atoms with Crippen molar-refractivity contribution in [3.63, 3.8) is 0 Å². The average molecular weight is 489 g/mol. The highest BCUT2D eigenvalue weighted by atomic mass is 16.5. The standard InChI is InChI=1S/C27H32N6O3/c1-3-36-25(34)24-31-22-21(28-16-29-23(22)32(24)2)17-8-10-18(11-9-17)33-14-12-27(13-15-33)19-6-4-5-7-20(19)30-26(27)35/h4-7,16-18H,3,8-15H2,1-2H3,(H,30,35). The second-order valence-corrected chi connectivity index (χ2v) is 10.3. The number of amides is 1. The predicted molar refractivity (Wildman–Crippen MR) is 135 cm³/mol. The molecule has 1 amide bonds. The summed E-state index contributed by atoms with van der Waals surface area (Å²) in [7, 11) is 1.79. The van der Waals surface area contributed by atoms with Crippen LogP contribution < -0.4 is 5.32 Å². The van der Waals surface area contributed by atoms with Crippen molar-refractivity contribution < 1.29 is 14.3 Å². The first kappa shape index (κ1) is 23.1. The number of hydrogen-bond acceptors (Lipinski definition) is 7. The van der Waals surface area contributed by atoms with Gasteiger partial charge >= 0.3 is 5.97 Å². The van der Waals surface area contributed by atoms with E-state index in [0.29, 0.717) is 29.7 Å². The van der Waals surface area contributed by atoms with Crippen molar-refractivity contribution in [2.75, 3.05) is 25.0 Å². The van der Waals surface area contributed by atoms with Crippen LogP contribution in [0.5, 0.6) is 0 Å². The molecular formula is C27H32N6O3. The lowest BCUT2D eigenvalue weighted by Crippen LogP contribution is -2.50. The van der Waals surface area contributed by atoms with E-state index in [2.05, 4.69) is 31.2 Å². The number of nitrogens with zero attached hydrogens (tertiary/aromatic N) is 5. The molecular weight excluding hydrogens is 456 g/mol. The second-order valence-electron chi connectivity index (χ2n) is 10.3. The van der Waals surface area contributed by atoms with Gasteiger partial charge in [0.1, 0.15) is 11.8 Å². The van der Waals surface area contributed by atoms with E-state index in [1.807, 2.05) is 18.2 Å². The van der Waals surface area contributed by atoms with Crippen LogP contribution in [-0.4, -0.2) is 62.0 Å². The van der Waals surface area contributed by atoms with Crippen molar-refractivity contribution in [3.05, 3.63) is 47.7 Å². The molecule has 0 atom stereocenters. The molecule has 1 saturated carbocycles. The number of piperidine rings is 1. The number of nitrogens with one attached hydrogen (secondary N) is 1. The van der Waals surface area contributed by atoms with Crippen LogP contribution >= 0.6 is 0 Å².